The van der Waals surface area contributed by atoms with Crippen molar-refractivity contribution in [2.45, 2.75) is 36.9 Å². The molecule has 0 bridgehead atoms. The highest BCUT2D eigenvalue weighted by atomic mass is 32.2. The predicted octanol–water partition coefficient (Wildman–Crippen LogP) is 0.610. The summed E-state index contributed by atoms with van der Waals surface area (Å²) in [6, 6.07) is 4.64. The number of nitrogens with one attached hydrogen (secondary N) is 1. The number of nitrogens with two attached hydrogens (primary N) is 1. The Morgan fingerprint density at radius 3 is 2.80 bits per heavy atom. The maximum absolute atomic E-state index is 12.4. The molecule has 0 spiro atoms. The monoisotopic (exact) mass is 300 g/mol. The van der Waals surface area contributed by atoms with E-state index in [1.807, 2.05) is 6.92 Å². The van der Waals surface area contributed by atoms with Crippen LogP contribution in [-0.2, 0) is 21.3 Å². The van der Waals surface area contributed by atoms with Crippen molar-refractivity contribution in [2.75, 3.05) is 13.7 Å². The minimum atomic E-state index is -3.64. The van der Waals surface area contributed by atoms with Gasteiger partial charge in [-0.1, -0.05) is 6.07 Å². The van der Waals surface area contributed by atoms with Gasteiger partial charge >= 0.3 is 0 Å². The average Bonchev–Trinajstić information content (AvgIpc) is 2.82. The van der Waals surface area contributed by atoms with E-state index in [9.17, 15) is 8.42 Å². The van der Waals surface area contributed by atoms with E-state index in [2.05, 4.69) is 4.72 Å². The van der Waals surface area contributed by atoms with Gasteiger partial charge in [0.05, 0.1) is 19.3 Å². The molecule has 0 amide bonds. The number of hydrogen-bond donors (Lipinski definition) is 2. The summed E-state index contributed by atoms with van der Waals surface area (Å²) >= 11 is 0. The van der Waals surface area contributed by atoms with Crippen molar-refractivity contribution in [3.05, 3.63) is 23.8 Å². The van der Waals surface area contributed by atoms with E-state index in [-0.39, 0.29) is 17.0 Å². The lowest BCUT2D eigenvalue weighted by Gasteiger charge is -2.17. The smallest absolute Gasteiger partial charge is 0.244 e. The van der Waals surface area contributed by atoms with Gasteiger partial charge in [0, 0.05) is 13.2 Å². The molecule has 0 radical (unpaired) electrons. The summed E-state index contributed by atoms with van der Waals surface area (Å²) in [6.45, 7) is 2.75. The lowest BCUT2D eigenvalue weighted by atomic mass is 10.2. The average molecular weight is 300 g/mol. The molecular formula is C13H20N2O4S. The Kier molecular flexibility index (Phi) is 4.64. The fraction of sp³-hybridized carbons (Fsp3) is 0.538. The maximum atomic E-state index is 12.4. The second-order valence-corrected chi connectivity index (χ2v) is 6.46. The van der Waals surface area contributed by atoms with E-state index in [1.165, 1.54) is 13.2 Å². The first-order valence-corrected chi connectivity index (χ1v) is 7.97. The zero-order valence-electron chi connectivity index (χ0n) is 11.6. The second kappa shape index (κ2) is 6.09. The molecular weight excluding hydrogens is 280 g/mol. The zero-order chi connectivity index (χ0) is 14.8. The van der Waals surface area contributed by atoms with Gasteiger partial charge < -0.3 is 15.2 Å². The molecule has 6 nitrogen and oxygen atoms in total. The third-order valence-electron chi connectivity index (χ3n) is 3.44. The van der Waals surface area contributed by atoms with E-state index in [0.717, 1.165) is 5.56 Å². The topological polar surface area (TPSA) is 90.7 Å². The van der Waals surface area contributed by atoms with E-state index in [1.54, 1.807) is 12.1 Å². The molecule has 1 aromatic carbocycles. The van der Waals surface area contributed by atoms with Gasteiger partial charge in [-0.25, -0.2) is 13.1 Å². The van der Waals surface area contributed by atoms with Crippen LogP contribution >= 0.6 is 0 Å². The normalized spacial score (nSPS) is 22.9. The first-order valence-electron chi connectivity index (χ1n) is 6.49. The number of sulfonamides is 1. The SMILES string of the molecule is COc1cc(CN)ccc1S(=O)(=O)NC1CCOC1C. The summed E-state index contributed by atoms with van der Waals surface area (Å²) in [5.74, 6) is 0.298. The highest BCUT2D eigenvalue weighted by Crippen LogP contribution is 2.26. The van der Waals surface area contributed by atoms with Crippen LogP contribution in [0.25, 0.3) is 0 Å². The molecule has 2 unspecified atom stereocenters. The quantitative estimate of drug-likeness (QED) is 0.831. The third kappa shape index (κ3) is 3.12. The van der Waals surface area contributed by atoms with Gasteiger partial charge in [0.25, 0.3) is 0 Å². The molecule has 1 heterocycles. The molecule has 2 rings (SSSR count). The number of ether oxygens (including phenoxy) is 2. The Balaban J connectivity index is 2.29. The fourth-order valence-electron chi connectivity index (χ4n) is 2.21. The van der Waals surface area contributed by atoms with Crippen LogP contribution in [0, 0.1) is 0 Å². The largest absolute Gasteiger partial charge is 0.495 e. The predicted molar refractivity (Wildman–Crippen MR) is 75.0 cm³/mol. The van der Waals surface area contributed by atoms with Crippen LogP contribution in [0.4, 0.5) is 0 Å². The summed E-state index contributed by atoms with van der Waals surface area (Å²) in [5.41, 5.74) is 6.36. The molecule has 20 heavy (non-hydrogen) atoms. The van der Waals surface area contributed by atoms with Crippen LogP contribution in [0.5, 0.6) is 5.75 Å². The second-order valence-electron chi connectivity index (χ2n) is 4.78. The maximum Gasteiger partial charge on any atom is 0.244 e. The van der Waals surface area contributed by atoms with Gasteiger partial charge in [-0.05, 0) is 31.0 Å². The minimum absolute atomic E-state index is 0.122. The Morgan fingerprint density at radius 2 is 2.25 bits per heavy atom. The van der Waals surface area contributed by atoms with Crippen molar-refractivity contribution < 1.29 is 17.9 Å². The van der Waals surface area contributed by atoms with Crippen molar-refractivity contribution in [1.29, 1.82) is 0 Å². The molecule has 0 saturated carbocycles. The Morgan fingerprint density at radius 1 is 1.50 bits per heavy atom. The van der Waals surface area contributed by atoms with Gasteiger partial charge in [-0.2, -0.15) is 0 Å². The van der Waals surface area contributed by atoms with Crippen molar-refractivity contribution in [3.63, 3.8) is 0 Å². The van der Waals surface area contributed by atoms with E-state index < -0.39 is 10.0 Å². The molecule has 1 aromatic rings. The molecule has 112 valence electrons. The highest BCUT2D eigenvalue weighted by Gasteiger charge is 2.30. The van der Waals surface area contributed by atoms with E-state index in [0.29, 0.717) is 25.3 Å². The number of benzene rings is 1. The Bertz CT molecular complexity index is 574. The van der Waals surface area contributed by atoms with Crippen molar-refractivity contribution in [1.82, 2.24) is 4.72 Å². The summed E-state index contributed by atoms with van der Waals surface area (Å²) in [6.07, 6.45) is 0.544. The molecule has 7 heteroatoms. The van der Waals surface area contributed by atoms with Crippen LogP contribution in [0.15, 0.2) is 23.1 Å². The van der Waals surface area contributed by atoms with Crippen LogP contribution in [0.2, 0.25) is 0 Å². The summed E-state index contributed by atoms with van der Waals surface area (Å²) in [4.78, 5) is 0.122. The summed E-state index contributed by atoms with van der Waals surface area (Å²) < 4.78 is 38.1. The molecule has 1 saturated heterocycles. The van der Waals surface area contributed by atoms with Crippen molar-refractivity contribution in [2.24, 2.45) is 5.73 Å². The standard InChI is InChI=1S/C13H20N2O4S/c1-9-11(5-6-19-9)15-20(16,17)13-4-3-10(8-14)7-12(13)18-2/h3-4,7,9,11,15H,5-6,8,14H2,1-2H3. The molecule has 1 aliphatic heterocycles. The van der Waals surface area contributed by atoms with Crippen LogP contribution in [0.1, 0.15) is 18.9 Å². The molecule has 1 fully saturated rings. The lowest BCUT2D eigenvalue weighted by Crippen LogP contribution is -2.39. The first-order chi connectivity index (χ1) is 9.47. The lowest BCUT2D eigenvalue weighted by molar-refractivity contribution is 0.117. The fourth-order valence-corrected chi connectivity index (χ4v) is 3.70. The number of hydrogen-bond acceptors (Lipinski definition) is 5. The molecule has 3 N–H and O–H groups in total. The molecule has 2 atom stereocenters. The summed E-state index contributed by atoms with van der Waals surface area (Å²) in [7, 11) is -2.20. The van der Waals surface area contributed by atoms with Crippen molar-refractivity contribution >= 4 is 10.0 Å². The zero-order valence-corrected chi connectivity index (χ0v) is 12.4. The highest BCUT2D eigenvalue weighted by molar-refractivity contribution is 7.89. The Hall–Kier alpha value is -1.15. The van der Waals surface area contributed by atoms with Gasteiger partial charge in [0.1, 0.15) is 10.6 Å². The van der Waals surface area contributed by atoms with Crippen molar-refractivity contribution in [3.8, 4) is 5.75 Å². The van der Waals surface area contributed by atoms with E-state index >= 15 is 0 Å². The minimum Gasteiger partial charge on any atom is -0.495 e. The Labute approximate surface area is 119 Å². The molecule has 1 aliphatic rings. The van der Waals surface area contributed by atoms with Gasteiger partial charge in [0.15, 0.2) is 0 Å². The summed E-state index contributed by atoms with van der Waals surface area (Å²) in [5, 5.41) is 0. The van der Waals surface area contributed by atoms with Gasteiger partial charge in [-0.3, -0.25) is 0 Å². The van der Waals surface area contributed by atoms with Crippen LogP contribution in [0.3, 0.4) is 0 Å². The van der Waals surface area contributed by atoms with Gasteiger partial charge in [-0.15, -0.1) is 0 Å². The number of methoxy groups -OCH3 is 1. The first kappa shape index (κ1) is 15.2. The third-order valence-corrected chi connectivity index (χ3v) is 4.97. The van der Waals surface area contributed by atoms with Crippen LogP contribution in [-0.4, -0.2) is 34.3 Å². The number of rotatable bonds is 5. The van der Waals surface area contributed by atoms with Gasteiger partial charge in [0.2, 0.25) is 10.0 Å². The van der Waals surface area contributed by atoms with Crippen LogP contribution < -0.4 is 15.2 Å². The molecule has 0 aromatic heterocycles. The van der Waals surface area contributed by atoms with E-state index in [4.69, 9.17) is 15.2 Å². The molecule has 0 aliphatic carbocycles.